The molecule has 4 aliphatic rings. The minimum atomic E-state index is -0.131. The summed E-state index contributed by atoms with van der Waals surface area (Å²) in [6, 6.07) is 5.67. The van der Waals surface area contributed by atoms with Crippen LogP contribution in [0.1, 0.15) is 33.7 Å². The fourth-order valence-corrected chi connectivity index (χ4v) is 4.88. The van der Waals surface area contributed by atoms with Gasteiger partial charge in [0.2, 0.25) is 0 Å². The number of aromatic nitrogens is 2. The molecular formula is C21H28N6O2. The molecule has 1 aromatic carbocycles. The van der Waals surface area contributed by atoms with Crippen molar-refractivity contribution >= 4 is 22.7 Å². The Bertz CT molecular complexity index is 924. The van der Waals surface area contributed by atoms with Crippen LogP contribution in [0, 0.1) is 5.92 Å². The quantitative estimate of drug-likeness (QED) is 0.801. The number of nitrogens with zero attached hydrogens (tertiary/aromatic N) is 4. The van der Waals surface area contributed by atoms with Gasteiger partial charge >= 0.3 is 0 Å². The van der Waals surface area contributed by atoms with Gasteiger partial charge in [0.05, 0.1) is 5.52 Å². The Morgan fingerprint density at radius 3 is 2.55 bits per heavy atom. The van der Waals surface area contributed by atoms with Crippen LogP contribution < -0.4 is 5.32 Å². The third kappa shape index (κ3) is 3.51. The zero-order chi connectivity index (χ0) is 20.0. The van der Waals surface area contributed by atoms with Crippen molar-refractivity contribution in [3.63, 3.8) is 0 Å². The van der Waals surface area contributed by atoms with Crippen LogP contribution in [0.25, 0.3) is 10.9 Å². The van der Waals surface area contributed by atoms with E-state index in [1.165, 1.54) is 0 Å². The zero-order valence-corrected chi connectivity index (χ0v) is 16.9. The summed E-state index contributed by atoms with van der Waals surface area (Å²) in [4.78, 5) is 32.2. The number of aromatic amines is 1. The Hall–Kier alpha value is -2.45. The first-order valence-corrected chi connectivity index (χ1v) is 10.6. The number of amides is 2. The number of nitrogens with one attached hydrogen (secondary N) is 2. The highest BCUT2D eigenvalue weighted by molar-refractivity contribution is 6.06. The van der Waals surface area contributed by atoms with Gasteiger partial charge in [-0.1, -0.05) is 0 Å². The average molecular weight is 396 g/mol. The molecule has 0 unspecified atom stereocenters. The van der Waals surface area contributed by atoms with Crippen LogP contribution in [0.15, 0.2) is 18.2 Å². The largest absolute Gasteiger partial charge is 0.346 e. The fourth-order valence-electron chi connectivity index (χ4n) is 4.88. The molecule has 2 N–H and O–H groups in total. The lowest BCUT2D eigenvalue weighted by molar-refractivity contribution is 0.0618. The molecule has 4 aliphatic heterocycles. The maximum absolute atomic E-state index is 12.9. The summed E-state index contributed by atoms with van der Waals surface area (Å²) in [6.45, 7) is 6.48. The normalized spacial score (nSPS) is 27.3. The van der Waals surface area contributed by atoms with Gasteiger partial charge in [-0.25, -0.2) is 0 Å². The van der Waals surface area contributed by atoms with E-state index in [9.17, 15) is 9.59 Å². The van der Waals surface area contributed by atoms with Crippen molar-refractivity contribution in [2.75, 3.05) is 52.9 Å². The van der Waals surface area contributed by atoms with Gasteiger partial charge in [-0.2, -0.15) is 5.10 Å². The van der Waals surface area contributed by atoms with E-state index in [2.05, 4.69) is 32.4 Å². The maximum atomic E-state index is 12.9. The maximum Gasteiger partial charge on any atom is 0.272 e. The molecule has 1 aromatic heterocycles. The number of piperazine rings is 1. The van der Waals surface area contributed by atoms with Crippen LogP contribution in [0.3, 0.4) is 0 Å². The van der Waals surface area contributed by atoms with E-state index in [4.69, 9.17) is 0 Å². The smallest absolute Gasteiger partial charge is 0.272 e. The molecule has 6 rings (SSSR count). The third-order valence-corrected chi connectivity index (χ3v) is 6.79. The van der Waals surface area contributed by atoms with Crippen LogP contribution in [-0.4, -0.2) is 95.6 Å². The van der Waals surface area contributed by atoms with Crippen molar-refractivity contribution in [2.24, 2.45) is 5.92 Å². The molecule has 2 aromatic rings. The van der Waals surface area contributed by atoms with Gasteiger partial charge < -0.3 is 20.0 Å². The molecule has 29 heavy (non-hydrogen) atoms. The molecule has 2 bridgehead atoms. The number of hydrogen-bond donors (Lipinski definition) is 2. The van der Waals surface area contributed by atoms with Gasteiger partial charge in [0.1, 0.15) is 0 Å². The summed E-state index contributed by atoms with van der Waals surface area (Å²) < 4.78 is 0. The molecule has 0 aliphatic carbocycles. The number of hydrogen-bond acceptors (Lipinski definition) is 5. The van der Waals surface area contributed by atoms with E-state index in [1.54, 1.807) is 0 Å². The Labute approximate surface area is 170 Å². The number of rotatable bonds is 3. The topological polar surface area (TPSA) is 84.6 Å². The molecule has 8 heteroatoms. The molecule has 0 spiro atoms. The summed E-state index contributed by atoms with van der Waals surface area (Å²) in [5, 5.41) is 11.2. The SMILES string of the molecule is CN1CCN(C(=O)c2ccc3c(C(=O)N[C@@H]4CN5CCC4CC5)n[nH]c3c2)CC1. The molecular weight excluding hydrogens is 368 g/mol. The summed E-state index contributed by atoms with van der Waals surface area (Å²) in [7, 11) is 2.07. The Balaban J connectivity index is 1.31. The number of piperidine rings is 3. The second kappa shape index (κ2) is 7.42. The van der Waals surface area contributed by atoms with Crippen LogP contribution >= 0.6 is 0 Å². The minimum absolute atomic E-state index is 0.0351. The molecule has 4 saturated heterocycles. The summed E-state index contributed by atoms with van der Waals surface area (Å²) >= 11 is 0. The highest BCUT2D eigenvalue weighted by Gasteiger charge is 2.35. The lowest BCUT2D eigenvalue weighted by Crippen LogP contribution is -2.57. The number of H-pyrrole nitrogens is 1. The first-order valence-electron chi connectivity index (χ1n) is 10.6. The molecule has 4 fully saturated rings. The third-order valence-electron chi connectivity index (χ3n) is 6.79. The Kier molecular flexibility index (Phi) is 4.75. The molecule has 5 heterocycles. The van der Waals surface area contributed by atoms with Crippen LogP contribution in [0.4, 0.5) is 0 Å². The van der Waals surface area contributed by atoms with E-state index in [0.29, 0.717) is 17.2 Å². The number of fused-ring (bicyclic) bond motifs is 4. The average Bonchev–Trinajstić information content (AvgIpc) is 3.18. The van der Waals surface area contributed by atoms with Gasteiger partial charge in [-0.15, -0.1) is 0 Å². The molecule has 1 atom stereocenters. The molecule has 0 saturated carbocycles. The zero-order valence-electron chi connectivity index (χ0n) is 16.9. The summed E-state index contributed by atoms with van der Waals surface area (Å²) in [5.41, 5.74) is 1.77. The highest BCUT2D eigenvalue weighted by atomic mass is 16.2. The lowest BCUT2D eigenvalue weighted by atomic mass is 9.84. The predicted octanol–water partition coefficient (Wildman–Crippen LogP) is 0.775. The van der Waals surface area contributed by atoms with Gasteiger partial charge in [-0.3, -0.25) is 14.7 Å². The van der Waals surface area contributed by atoms with E-state index < -0.39 is 0 Å². The van der Waals surface area contributed by atoms with Crippen molar-refractivity contribution in [2.45, 2.75) is 18.9 Å². The Morgan fingerprint density at radius 2 is 1.86 bits per heavy atom. The van der Waals surface area contributed by atoms with Gasteiger partial charge in [-0.05, 0) is 57.1 Å². The van der Waals surface area contributed by atoms with E-state index >= 15 is 0 Å². The summed E-state index contributed by atoms with van der Waals surface area (Å²) in [5.74, 6) is 0.475. The fraction of sp³-hybridized carbons (Fsp3) is 0.571. The van der Waals surface area contributed by atoms with Gasteiger partial charge in [0.25, 0.3) is 11.8 Å². The van der Waals surface area contributed by atoms with Crippen molar-refractivity contribution in [3.8, 4) is 0 Å². The van der Waals surface area contributed by atoms with Crippen LogP contribution in [0.2, 0.25) is 0 Å². The van der Waals surface area contributed by atoms with E-state index in [-0.39, 0.29) is 17.9 Å². The first-order chi connectivity index (χ1) is 14.1. The molecule has 154 valence electrons. The summed E-state index contributed by atoms with van der Waals surface area (Å²) in [6.07, 6.45) is 2.31. The van der Waals surface area contributed by atoms with Gasteiger partial charge in [0, 0.05) is 49.7 Å². The van der Waals surface area contributed by atoms with Crippen molar-refractivity contribution in [3.05, 3.63) is 29.5 Å². The van der Waals surface area contributed by atoms with Crippen LogP contribution in [-0.2, 0) is 0 Å². The minimum Gasteiger partial charge on any atom is -0.346 e. The standard InChI is InChI=1S/C21H28N6O2/c1-25-8-10-27(11-9-25)21(29)15-2-3-16-17(12-15)23-24-19(16)20(28)22-18-13-26-6-4-14(18)5-7-26/h2-3,12,14,18H,4-11,13H2,1H3,(H,22,28)(H,23,24)/t18-/m1/s1. The van der Waals surface area contributed by atoms with E-state index in [0.717, 1.165) is 69.6 Å². The van der Waals surface area contributed by atoms with E-state index in [1.807, 2.05) is 23.1 Å². The Morgan fingerprint density at radius 1 is 1.10 bits per heavy atom. The molecule has 8 nitrogen and oxygen atoms in total. The number of carbonyl (C=O) groups excluding carboxylic acids is 2. The number of benzene rings is 1. The van der Waals surface area contributed by atoms with Crippen molar-refractivity contribution in [1.29, 1.82) is 0 Å². The number of likely N-dealkylation sites (N-methyl/N-ethyl adjacent to an activating group) is 1. The van der Waals surface area contributed by atoms with Gasteiger partial charge in [0.15, 0.2) is 5.69 Å². The molecule has 0 radical (unpaired) electrons. The second-order valence-corrected chi connectivity index (χ2v) is 8.65. The van der Waals surface area contributed by atoms with Crippen LogP contribution in [0.5, 0.6) is 0 Å². The lowest BCUT2D eigenvalue weighted by Gasteiger charge is -2.44. The second-order valence-electron chi connectivity index (χ2n) is 8.65. The van der Waals surface area contributed by atoms with Crippen molar-refractivity contribution in [1.82, 2.24) is 30.2 Å². The van der Waals surface area contributed by atoms with Crippen molar-refractivity contribution < 1.29 is 9.59 Å². The monoisotopic (exact) mass is 396 g/mol. The predicted molar refractivity (Wildman–Crippen MR) is 110 cm³/mol. The number of carbonyl (C=O) groups is 2. The highest BCUT2D eigenvalue weighted by Crippen LogP contribution is 2.28. The molecule has 2 amide bonds. The first kappa shape index (κ1) is 18.6.